The maximum atomic E-state index is 12.6. The molecule has 2 heterocycles. The topological polar surface area (TPSA) is 210 Å². The van der Waals surface area contributed by atoms with Crippen molar-refractivity contribution in [2.45, 2.75) is 25.5 Å². The Morgan fingerprint density at radius 1 is 1.22 bits per heavy atom. The van der Waals surface area contributed by atoms with E-state index in [-0.39, 0.29) is 29.0 Å². The zero-order chi connectivity index (χ0) is 25.9. The summed E-state index contributed by atoms with van der Waals surface area (Å²) in [6, 6.07) is 6.63. The van der Waals surface area contributed by atoms with Crippen LogP contribution in [0, 0.1) is 5.92 Å². The zero-order valence-electron chi connectivity index (χ0n) is 19.3. The van der Waals surface area contributed by atoms with Crippen LogP contribution in [-0.2, 0) is 11.3 Å². The molecule has 4 rings (SSSR count). The Hall–Kier alpha value is -4.11. The number of anilines is 3. The monoisotopic (exact) mass is 498 g/mol. The number of ether oxygens (including phenoxy) is 1. The highest BCUT2D eigenvalue weighted by molar-refractivity contribution is 6.00. The summed E-state index contributed by atoms with van der Waals surface area (Å²) in [7, 11) is 1.48. The van der Waals surface area contributed by atoms with Crippen LogP contribution in [0.25, 0.3) is 11.1 Å². The Morgan fingerprint density at radius 2 is 2.00 bits per heavy atom. The SMILES string of the molecule is COc1c(Nc2cc(NC(=O)C3CC3)nnc2C(=O)NC(O)(O)O)cccc1-c1cnn(CCN)c1. The van der Waals surface area contributed by atoms with E-state index in [0.29, 0.717) is 30.1 Å². The summed E-state index contributed by atoms with van der Waals surface area (Å²) in [6.45, 7) is 0.967. The molecular formula is C22H26N8O6. The number of carbonyl (C=O) groups is 2. The van der Waals surface area contributed by atoms with Gasteiger partial charge < -0.3 is 36.4 Å². The van der Waals surface area contributed by atoms with Gasteiger partial charge in [0.05, 0.1) is 31.2 Å². The number of rotatable bonds is 10. The number of aromatic nitrogens is 4. The van der Waals surface area contributed by atoms with Crippen LogP contribution in [0.15, 0.2) is 36.7 Å². The second-order valence-corrected chi connectivity index (χ2v) is 8.14. The van der Waals surface area contributed by atoms with Crippen LogP contribution < -0.4 is 26.4 Å². The number of nitrogens with one attached hydrogen (secondary N) is 3. The van der Waals surface area contributed by atoms with Crippen LogP contribution in [0.1, 0.15) is 23.3 Å². The predicted octanol–water partition coefficient (Wildman–Crippen LogP) is -0.282. The molecule has 0 saturated heterocycles. The van der Waals surface area contributed by atoms with Crippen molar-refractivity contribution < 1.29 is 29.6 Å². The smallest absolute Gasteiger partial charge is 0.369 e. The summed E-state index contributed by atoms with van der Waals surface area (Å²) >= 11 is 0. The third kappa shape index (κ3) is 5.92. The highest BCUT2D eigenvalue weighted by atomic mass is 16.7. The van der Waals surface area contributed by atoms with E-state index in [4.69, 9.17) is 10.5 Å². The van der Waals surface area contributed by atoms with Crippen LogP contribution in [0.2, 0.25) is 0 Å². The fraction of sp³-hybridized carbons (Fsp3) is 0.318. The van der Waals surface area contributed by atoms with Crippen LogP contribution >= 0.6 is 0 Å². The van der Waals surface area contributed by atoms with E-state index < -0.39 is 12.0 Å². The standard InChI is InChI=1S/C22H26N8O6/c1-36-19-14(13-10-24-30(11-13)8-7-23)3-2-4-15(19)25-16-9-17(26-20(31)12-5-6-12)28-29-18(16)21(32)27-22(33,34)35/h2-4,9-12,33-35H,5-8,23H2,1H3,(H,27,32)(H2,25,26,28,31). The van der Waals surface area contributed by atoms with Gasteiger partial charge in [0.1, 0.15) is 5.75 Å². The van der Waals surface area contributed by atoms with E-state index in [1.165, 1.54) is 13.2 Å². The lowest BCUT2D eigenvalue weighted by atomic mass is 10.1. The Bertz CT molecular complexity index is 1270. The second kappa shape index (κ2) is 10.2. The summed E-state index contributed by atoms with van der Waals surface area (Å²) < 4.78 is 7.34. The number of benzene rings is 1. The predicted molar refractivity (Wildman–Crippen MR) is 127 cm³/mol. The van der Waals surface area contributed by atoms with Gasteiger partial charge in [0, 0.05) is 35.9 Å². The van der Waals surface area contributed by atoms with Gasteiger partial charge in [-0.2, -0.15) is 5.10 Å². The van der Waals surface area contributed by atoms with Gasteiger partial charge >= 0.3 is 6.10 Å². The maximum Gasteiger partial charge on any atom is 0.369 e. The summed E-state index contributed by atoms with van der Waals surface area (Å²) in [5.41, 5.74) is 7.14. The van der Waals surface area contributed by atoms with Gasteiger partial charge in [-0.15, -0.1) is 10.2 Å². The first-order valence-electron chi connectivity index (χ1n) is 11.0. The Balaban J connectivity index is 1.70. The van der Waals surface area contributed by atoms with Crippen molar-refractivity contribution in [3.8, 4) is 16.9 Å². The van der Waals surface area contributed by atoms with Gasteiger partial charge in [0.15, 0.2) is 11.5 Å². The lowest BCUT2D eigenvalue weighted by molar-refractivity contribution is -0.323. The minimum Gasteiger partial charge on any atom is -0.494 e. The average molecular weight is 499 g/mol. The molecule has 2 aromatic heterocycles. The first kappa shape index (κ1) is 25.0. The molecule has 1 aromatic carbocycles. The summed E-state index contributed by atoms with van der Waals surface area (Å²) in [5.74, 6) is -0.968. The van der Waals surface area contributed by atoms with Gasteiger partial charge in [-0.1, -0.05) is 12.1 Å². The normalized spacial score (nSPS) is 13.2. The lowest BCUT2D eigenvalue weighted by Crippen LogP contribution is -2.48. The van der Waals surface area contributed by atoms with Gasteiger partial charge in [-0.3, -0.25) is 19.6 Å². The van der Waals surface area contributed by atoms with Crippen molar-refractivity contribution in [1.29, 1.82) is 0 Å². The van der Waals surface area contributed by atoms with E-state index in [1.807, 2.05) is 12.3 Å². The van der Waals surface area contributed by atoms with Gasteiger partial charge in [0.2, 0.25) is 5.91 Å². The maximum absolute atomic E-state index is 12.6. The molecule has 1 aliphatic carbocycles. The van der Waals surface area contributed by atoms with Crippen molar-refractivity contribution in [1.82, 2.24) is 25.3 Å². The second-order valence-electron chi connectivity index (χ2n) is 8.14. The Morgan fingerprint density at radius 3 is 2.67 bits per heavy atom. The summed E-state index contributed by atoms with van der Waals surface area (Å²) in [4.78, 5) is 24.7. The van der Waals surface area contributed by atoms with Crippen molar-refractivity contribution in [2.24, 2.45) is 11.7 Å². The molecule has 3 aromatic rings. The lowest BCUT2D eigenvalue weighted by Gasteiger charge is -2.18. The van der Waals surface area contributed by atoms with E-state index in [2.05, 4.69) is 25.9 Å². The number of methoxy groups -OCH3 is 1. The van der Waals surface area contributed by atoms with E-state index in [0.717, 1.165) is 18.4 Å². The zero-order valence-corrected chi connectivity index (χ0v) is 19.3. The van der Waals surface area contributed by atoms with Crippen LogP contribution in [0.4, 0.5) is 17.2 Å². The van der Waals surface area contributed by atoms with Gasteiger partial charge in [-0.25, -0.2) is 0 Å². The number of nitrogens with two attached hydrogens (primary N) is 1. The molecule has 14 nitrogen and oxygen atoms in total. The summed E-state index contributed by atoms with van der Waals surface area (Å²) in [5, 5.41) is 46.7. The quantitative estimate of drug-likeness (QED) is 0.181. The molecule has 0 bridgehead atoms. The van der Waals surface area contributed by atoms with E-state index >= 15 is 0 Å². The molecule has 0 aliphatic heterocycles. The fourth-order valence-electron chi connectivity index (χ4n) is 3.49. The molecule has 190 valence electrons. The molecule has 0 unspecified atom stereocenters. The number of nitrogens with zero attached hydrogens (tertiary/aromatic N) is 4. The van der Waals surface area contributed by atoms with E-state index in [1.54, 1.807) is 28.3 Å². The highest BCUT2D eigenvalue weighted by Gasteiger charge is 2.31. The van der Waals surface area contributed by atoms with Crippen LogP contribution in [-0.4, -0.2) is 66.9 Å². The molecule has 1 aliphatic rings. The van der Waals surface area contributed by atoms with Gasteiger partial charge in [0.25, 0.3) is 5.91 Å². The number of carbonyl (C=O) groups excluding carboxylic acids is 2. The number of aliphatic hydroxyl groups is 3. The highest BCUT2D eigenvalue weighted by Crippen LogP contribution is 2.38. The molecule has 2 amide bonds. The van der Waals surface area contributed by atoms with Crippen molar-refractivity contribution in [3.05, 3.63) is 42.4 Å². The number of amides is 2. The fourth-order valence-corrected chi connectivity index (χ4v) is 3.49. The first-order chi connectivity index (χ1) is 17.2. The molecule has 1 saturated carbocycles. The molecular weight excluding hydrogens is 472 g/mol. The minimum atomic E-state index is -3.48. The average Bonchev–Trinajstić information content (AvgIpc) is 3.57. The minimum absolute atomic E-state index is 0.0483. The van der Waals surface area contributed by atoms with Crippen LogP contribution in [0.5, 0.6) is 5.75 Å². The number of hydrogen-bond donors (Lipinski definition) is 7. The van der Waals surface area contributed by atoms with Crippen molar-refractivity contribution >= 4 is 29.0 Å². The largest absolute Gasteiger partial charge is 0.494 e. The van der Waals surface area contributed by atoms with Crippen LogP contribution in [0.3, 0.4) is 0 Å². The van der Waals surface area contributed by atoms with Crippen molar-refractivity contribution in [3.63, 3.8) is 0 Å². The molecule has 1 fully saturated rings. The molecule has 0 spiro atoms. The van der Waals surface area contributed by atoms with Gasteiger partial charge in [-0.05, 0) is 18.9 Å². The molecule has 8 N–H and O–H groups in total. The number of para-hydroxylation sites is 1. The Labute approximate surface area is 205 Å². The molecule has 0 atom stereocenters. The third-order valence-electron chi connectivity index (χ3n) is 5.28. The van der Waals surface area contributed by atoms with Crippen molar-refractivity contribution in [2.75, 3.05) is 24.3 Å². The number of hydrogen-bond acceptors (Lipinski definition) is 11. The first-order valence-corrected chi connectivity index (χ1v) is 11.0. The molecule has 0 radical (unpaired) electrons. The molecule has 36 heavy (non-hydrogen) atoms. The third-order valence-corrected chi connectivity index (χ3v) is 5.28. The Kier molecular flexibility index (Phi) is 7.12. The molecule has 14 heteroatoms. The summed E-state index contributed by atoms with van der Waals surface area (Å²) in [6.07, 6.45) is 1.57. The van der Waals surface area contributed by atoms with E-state index in [9.17, 15) is 24.9 Å².